The highest BCUT2D eigenvalue weighted by Crippen LogP contribution is 2.08. The van der Waals surface area contributed by atoms with Crippen molar-refractivity contribution in [3.05, 3.63) is 36.2 Å². The average Bonchev–Trinajstić information content (AvgIpc) is 2.27. The van der Waals surface area contributed by atoms with E-state index in [0.717, 1.165) is 11.0 Å². The van der Waals surface area contributed by atoms with Gasteiger partial charge < -0.3 is 11.1 Å². The second kappa shape index (κ2) is 3.51. The lowest BCUT2D eigenvalue weighted by Crippen LogP contribution is -2.15. The molecule has 0 radical (unpaired) electrons. The third-order valence-electron chi connectivity index (χ3n) is 1.96. The first-order valence-electron chi connectivity index (χ1n) is 4.31. The van der Waals surface area contributed by atoms with Crippen molar-refractivity contribution in [2.45, 2.75) is 0 Å². The summed E-state index contributed by atoms with van der Waals surface area (Å²) in [6.07, 6.45) is 1.58. The van der Waals surface area contributed by atoms with Crippen molar-refractivity contribution < 1.29 is 0 Å². The Balaban J connectivity index is 2.56. The van der Waals surface area contributed by atoms with Crippen LogP contribution in [0.4, 0.5) is 0 Å². The molecule has 3 N–H and O–H groups in total. The zero-order chi connectivity index (χ0) is 9.97. The van der Waals surface area contributed by atoms with Gasteiger partial charge in [-0.1, -0.05) is 12.1 Å². The Labute approximate surface area is 81.3 Å². The molecule has 4 nitrogen and oxygen atoms in total. The summed E-state index contributed by atoms with van der Waals surface area (Å²) in [6.45, 7) is 0.188. The molecule has 2 rings (SSSR count). The highest BCUT2D eigenvalue weighted by molar-refractivity contribution is 5.98. The van der Waals surface area contributed by atoms with Gasteiger partial charge in [-0.05, 0) is 12.1 Å². The summed E-state index contributed by atoms with van der Waals surface area (Å²) in [5.41, 5.74) is 7.84. The van der Waals surface area contributed by atoms with Gasteiger partial charge in [-0.2, -0.15) is 0 Å². The van der Waals surface area contributed by atoms with Crippen LogP contribution in [0, 0.1) is 5.41 Å². The van der Waals surface area contributed by atoms with Crippen LogP contribution in [0.25, 0.3) is 11.0 Å². The van der Waals surface area contributed by atoms with Crippen molar-refractivity contribution >= 4 is 16.7 Å². The van der Waals surface area contributed by atoms with Gasteiger partial charge in [0, 0.05) is 6.54 Å². The predicted octanol–water partition coefficient (Wildman–Crippen LogP) is 0.956. The minimum atomic E-state index is 0.188. The van der Waals surface area contributed by atoms with Crippen LogP contribution in [-0.4, -0.2) is 22.2 Å². The standard InChI is InChI=1S/C10H10N4/c11-5-7(12)10-6-13-8-3-1-2-4-9(8)14-10/h1-4,6,12H,5,11H2. The molecule has 70 valence electrons. The molecule has 14 heavy (non-hydrogen) atoms. The molecule has 0 fully saturated rings. The Kier molecular flexibility index (Phi) is 2.20. The van der Waals surface area contributed by atoms with Gasteiger partial charge in [0.1, 0.15) is 5.69 Å². The van der Waals surface area contributed by atoms with Gasteiger partial charge in [0.15, 0.2) is 0 Å². The number of nitrogens with zero attached hydrogens (tertiary/aromatic N) is 2. The second-order valence-electron chi connectivity index (χ2n) is 2.93. The van der Waals surface area contributed by atoms with Crippen LogP contribution in [0.15, 0.2) is 30.5 Å². The maximum absolute atomic E-state index is 7.53. The summed E-state index contributed by atoms with van der Waals surface area (Å²) >= 11 is 0. The molecule has 0 aliphatic carbocycles. The quantitative estimate of drug-likeness (QED) is 0.686. The first-order chi connectivity index (χ1) is 6.81. The van der Waals surface area contributed by atoms with E-state index in [1.807, 2.05) is 24.3 Å². The molecule has 2 aromatic rings. The fourth-order valence-electron chi connectivity index (χ4n) is 1.21. The highest BCUT2D eigenvalue weighted by Gasteiger charge is 2.02. The van der Waals surface area contributed by atoms with E-state index in [0.29, 0.717) is 11.4 Å². The number of para-hydroxylation sites is 2. The van der Waals surface area contributed by atoms with Crippen molar-refractivity contribution in [2.24, 2.45) is 5.73 Å². The molecule has 0 atom stereocenters. The van der Waals surface area contributed by atoms with E-state index in [-0.39, 0.29) is 6.54 Å². The van der Waals surface area contributed by atoms with Crippen LogP contribution in [0.2, 0.25) is 0 Å². The van der Waals surface area contributed by atoms with Crippen LogP contribution in [-0.2, 0) is 0 Å². The van der Waals surface area contributed by atoms with Gasteiger partial charge >= 0.3 is 0 Å². The molecule has 0 saturated heterocycles. The average molecular weight is 186 g/mol. The fraction of sp³-hybridized carbons (Fsp3) is 0.100. The topological polar surface area (TPSA) is 75.7 Å². The number of nitrogens with two attached hydrogens (primary N) is 1. The van der Waals surface area contributed by atoms with Crippen molar-refractivity contribution in [1.29, 1.82) is 5.41 Å². The van der Waals surface area contributed by atoms with Crippen molar-refractivity contribution in [2.75, 3.05) is 6.54 Å². The monoisotopic (exact) mass is 186 g/mol. The fourth-order valence-corrected chi connectivity index (χ4v) is 1.21. The molecule has 0 spiro atoms. The van der Waals surface area contributed by atoms with Gasteiger partial charge in [0.2, 0.25) is 0 Å². The summed E-state index contributed by atoms with van der Waals surface area (Å²) in [6, 6.07) is 7.56. The first kappa shape index (κ1) is 8.77. The van der Waals surface area contributed by atoms with Gasteiger partial charge in [-0.15, -0.1) is 0 Å². The molecule has 0 bridgehead atoms. The van der Waals surface area contributed by atoms with Crippen LogP contribution in [0.5, 0.6) is 0 Å². The molecule has 0 aliphatic heterocycles. The predicted molar refractivity (Wildman–Crippen MR) is 55.4 cm³/mol. The summed E-state index contributed by atoms with van der Waals surface area (Å²) in [4.78, 5) is 8.47. The van der Waals surface area contributed by atoms with Crippen LogP contribution < -0.4 is 5.73 Å². The third-order valence-corrected chi connectivity index (χ3v) is 1.96. The number of hydrogen-bond acceptors (Lipinski definition) is 4. The van der Waals surface area contributed by atoms with Gasteiger partial charge in [-0.25, -0.2) is 4.98 Å². The number of hydrogen-bond donors (Lipinski definition) is 2. The van der Waals surface area contributed by atoms with E-state index in [1.165, 1.54) is 0 Å². The lowest BCUT2D eigenvalue weighted by Gasteiger charge is -2.01. The number of fused-ring (bicyclic) bond motifs is 1. The van der Waals surface area contributed by atoms with E-state index in [1.54, 1.807) is 6.20 Å². The Bertz CT molecular complexity index is 478. The Hall–Kier alpha value is -1.81. The molecule has 0 amide bonds. The van der Waals surface area contributed by atoms with Crippen LogP contribution >= 0.6 is 0 Å². The normalized spacial score (nSPS) is 10.4. The minimum Gasteiger partial charge on any atom is -0.325 e. The van der Waals surface area contributed by atoms with E-state index in [2.05, 4.69) is 9.97 Å². The molecule has 1 aromatic heterocycles. The van der Waals surface area contributed by atoms with E-state index in [9.17, 15) is 0 Å². The zero-order valence-corrected chi connectivity index (χ0v) is 7.57. The lowest BCUT2D eigenvalue weighted by molar-refractivity contribution is 1.19. The summed E-state index contributed by atoms with van der Waals surface area (Å²) in [5, 5.41) is 7.53. The number of benzene rings is 1. The van der Waals surface area contributed by atoms with E-state index >= 15 is 0 Å². The van der Waals surface area contributed by atoms with Gasteiger partial charge in [0.05, 0.1) is 22.9 Å². The molecule has 1 heterocycles. The van der Waals surface area contributed by atoms with Crippen molar-refractivity contribution in [1.82, 2.24) is 9.97 Å². The zero-order valence-electron chi connectivity index (χ0n) is 7.57. The molecule has 1 aromatic carbocycles. The minimum absolute atomic E-state index is 0.188. The van der Waals surface area contributed by atoms with Crippen molar-refractivity contribution in [3.63, 3.8) is 0 Å². The molecule has 0 aliphatic rings. The molecule has 0 saturated carbocycles. The molecule has 0 unspecified atom stereocenters. The van der Waals surface area contributed by atoms with Crippen LogP contribution in [0.3, 0.4) is 0 Å². The molecular formula is C10H10N4. The Morgan fingerprint density at radius 3 is 2.71 bits per heavy atom. The summed E-state index contributed by atoms with van der Waals surface area (Å²) in [5.74, 6) is 0. The van der Waals surface area contributed by atoms with E-state index in [4.69, 9.17) is 11.1 Å². The number of nitrogens with one attached hydrogen (secondary N) is 1. The maximum atomic E-state index is 7.53. The number of aromatic nitrogens is 2. The highest BCUT2D eigenvalue weighted by atomic mass is 14.8. The first-order valence-corrected chi connectivity index (χ1v) is 4.31. The second-order valence-corrected chi connectivity index (χ2v) is 2.93. The lowest BCUT2D eigenvalue weighted by atomic mass is 10.2. The molecular weight excluding hydrogens is 176 g/mol. The third kappa shape index (κ3) is 1.47. The van der Waals surface area contributed by atoms with Crippen LogP contribution in [0.1, 0.15) is 5.69 Å². The van der Waals surface area contributed by atoms with E-state index < -0.39 is 0 Å². The maximum Gasteiger partial charge on any atom is 0.104 e. The van der Waals surface area contributed by atoms with Gasteiger partial charge in [-0.3, -0.25) is 4.98 Å². The largest absolute Gasteiger partial charge is 0.325 e. The van der Waals surface area contributed by atoms with Crippen molar-refractivity contribution in [3.8, 4) is 0 Å². The van der Waals surface area contributed by atoms with Gasteiger partial charge in [0.25, 0.3) is 0 Å². The summed E-state index contributed by atoms with van der Waals surface area (Å²) in [7, 11) is 0. The SMILES string of the molecule is N=C(CN)c1cnc2ccccc2n1. The molecule has 4 heteroatoms. The number of rotatable bonds is 2. The Morgan fingerprint density at radius 1 is 1.29 bits per heavy atom. The smallest absolute Gasteiger partial charge is 0.104 e. The Morgan fingerprint density at radius 2 is 2.00 bits per heavy atom. The summed E-state index contributed by atoms with van der Waals surface area (Å²) < 4.78 is 0.